The van der Waals surface area contributed by atoms with E-state index in [1.54, 1.807) is 0 Å². The van der Waals surface area contributed by atoms with Gasteiger partial charge < -0.3 is 10.6 Å². The van der Waals surface area contributed by atoms with Gasteiger partial charge in [-0.05, 0) is 31.1 Å². The number of aromatic nitrogens is 2. The van der Waals surface area contributed by atoms with E-state index in [0.29, 0.717) is 16.8 Å². The summed E-state index contributed by atoms with van der Waals surface area (Å²) in [7, 11) is 0. The molecule has 0 saturated heterocycles. The molecule has 2 rings (SSSR count). The Balaban J connectivity index is 1.91. The molecule has 3 unspecified atom stereocenters. The number of hydrogen-bond donors (Lipinski definition) is 2. The fourth-order valence-corrected chi connectivity index (χ4v) is 3.09. The zero-order valence-electron chi connectivity index (χ0n) is 11.8. The number of amides is 1. The van der Waals surface area contributed by atoms with Crippen LogP contribution in [-0.4, -0.2) is 28.7 Å². The first-order valence-electron chi connectivity index (χ1n) is 7.00. The Morgan fingerprint density at radius 1 is 1.37 bits per heavy atom. The summed E-state index contributed by atoms with van der Waals surface area (Å²) in [5, 5.41) is 15.3. The van der Waals surface area contributed by atoms with Crippen LogP contribution in [0.1, 0.15) is 49.8 Å². The van der Waals surface area contributed by atoms with Crippen LogP contribution in [0.2, 0.25) is 0 Å². The Morgan fingerprint density at radius 2 is 2.16 bits per heavy atom. The second kappa shape index (κ2) is 6.32. The summed E-state index contributed by atoms with van der Waals surface area (Å²) in [5.74, 6) is 1.13. The molecular weight excluding hydrogens is 260 g/mol. The lowest BCUT2D eigenvalue weighted by Gasteiger charge is -2.18. The Labute approximate surface area is 118 Å². The molecule has 0 spiro atoms. The molecule has 19 heavy (non-hydrogen) atoms. The zero-order chi connectivity index (χ0) is 13.8. The van der Waals surface area contributed by atoms with Crippen LogP contribution in [0.15, 0.2) is 0 Å². The molecule has 1 fully saturated rings. The minimum atomic E-state index is -0.0898. The molecule has 1 aliphatic rings. The van der Waals surface area contributed by atoms with Gasteiger partial charge in [0.1, 0.15) is 0 Å². The first-order chi connectivity index (χ1) is 9.11. The van der Waals surface area contributed by atoms with Crippen LogP contribution in [0.4, 0.5) is 5.13 Å². The summed E-state index contributed by atoms with van der Waals surface area (Å²) in [6.07, 6.45) is 3.28. The molecule has 0 bridgehead atoms. The molecular formula is C13H22N4OS. The molecule has 2 N–H and O–H groups in total. The monoisotopic (exact) mass is 282 g/mol. The molecule has 3 atom stereocenters. The van der Waals surface area contributed by atoms with Crippen molar-refractivity contribution in [3.8, 4) is 0 Å². The van der Waals surface area contributed by atoms with Crippen LogP contribution in [0.5, 0.6) is 0 Å². The quantitative estimate of drug-likeness (QED) is 0.871. The van der Waals surface area contributed by atoms with Gasteiger partial charge in [-0.15, -0.1) is 10.2 Å². The van der Waals surface area contributed by atoms with Gasteiger partial charge in [-0.2, -0.15) is 0 Å². The Kier molecular flexibility index (Phi) is 4.74. The van der Waals surface area contributed by atoms with Gasteiger partial charge in [-0.25, -0.2) is 0 Å². The molecule has 6 heteroatoms. The first kappa shape index (κ1) is 14.2. The van der Waals surface area contributed by atoms with E-state index in [1.807, 2.05) is 0 Å². The highest BCUT2D eigenvalue weighted by Gasteiger charge is 2.31. The highest BCUT2D eigenvalue weighted by Crippen LogP contribution is 2.31. The van der Waals surface area contributed by atoms with Crippen LogP contribution in [0.3, 0.4) is 0 Å². The van der Waals surface area contributed by atoms with Crippen LogP contribution in [0.25, 0.3) is 0 Å². The SMILES string of the molecule is CCCNc1nnc(C(=O)NC2CCC(C)C2C)s1. The van der Waals surface area contributed by atoms with Gasteiger partial charge in [0.05, 0.1) is 0 Å². The Morgan fingerprint density at radius 3 is 2.79 bits per heavy atom. The average molecular weight is 282 g/mol. The first-order valence-corrected chi connectivity index (χ1v) is 7.81. The van der Waals surface area contributed by atoms with Crippen molar-refractivity contribution in [3.63, 3.8) is 0 Å². The molecule has 106 valence electrons. The van der Waals surface area contributed by atoms with E-state index in [2.05, 4.69) is 41.6 Å². The molecule has 1 saturated carbocycles. The van der Waals surface area contributed by atoms with Gasteiger partial charge in [0.2, 0.25) is 10.1 Å². The Hall–Kier alpha value is -1.17. The van der Waals surface area contributed by atoms with Crippen molar-refractivity contribution in [2.75, 3.05) is 11.9 Å². The molecule has 1 heterocycles. The van der Waals surface area contributed by atoms with Crippen molar-refractivity contribution in [2.45, 2.75) is 46.1 Å². The van der Waals surface area contributed by atoms with Crippen LogP contribution < -0.4 is 10.6 Å². The molecule has 0 aliphatic heterocycles. The van der Waals surface area contributed by atoms with E-state index in [1.165, 1.54) is 17.8 Å². The Bertz CT molecular complexity index is 434. The van der Waals surface area contributed by atoms with Gasteiger partial charge >= 0.3 is 0 Å². The molecule has 1 aliphatic carbocycles. The number of nitrogens with zero attached hydrogens (tertiary/aromatic N) is 2. The van der Waals surface area contributed by atoms with Crippen molar-refractivity contribution < 1.29 is 4.79 Å². The largest absolute Gasteiger partial charge is 0.360 e. The summed E-state index contributed by atoms with van der Waals surface area (Å²) < 4.78 is 0. The van der Waals surface area contributed by atoms with Gasteiger partial charge in [0.25, 0.3) is 5.91 Å². The maximum Gasteiger partial charge on any atom is 0.282 e. The molecule has 0 aromatic carbocycles. The number of carbonyl (C=O) groups is 1. The van der Waals surface area contributed by atoms with E-state index in [-0.39, 0.29) is 11.9 Å². The second-order valence-electron chi connectivity index (χ2n) is 5.33. The lowest BCUT2D eigenvalue weighted by molar-refractivity contribution is 0.0926. The highest BCUT2D eigenvalue weighted by molar-refractivity contribution is 7.17. The topological polar surface area (TPSA) is 66.9 Å². The van der Waals surface area contributed by atoms with Crippen molar-refractivity contribution in [3.05, 3.63) is 5.01 Å². The number of rotatable bonds is 5. The zero-order valence-corrected chi connectivity index (χ0v) is 12.6. The molecule has 0 radical (unpaired) electrons. The molecule has 1 amide bonds. The third-order valence-electron chi connectivity index (χ3n) is 3.93. The summed E-state index contributed by atoms with van der Waals surface area (Å²) in [6.45, 7) is 7.39. The predicted octanol–water partition coefficient (Wildman–Crippen LogP) is 2.52. The fraction of sp³-hybridized carbons (Fsp3) is 0.769. The molecule has 5 nitrogen and oxygen atoms in total. The minimum absolute atomic E-state index is 0.0898. The summed E-state index contributed by atoms with van der Waals surface area (Å²) in [6, 6.07) is 0.276. The van der Waals surface area contributed by atoms with Crippen LogP contribution >= 0.6 is 11.3 Å². The molecule has 1 aromatic rings. The maximum absolute atomic E-state index is 12.1. The summed E-state index contributed by atoms with van der Waals surface area (Å²) in [5.41, 5.74) is 0. The van der Waals surface area contributed by atoms with E-state index in [9.17, 15) is 4.79 Å². The smallest absolute Gasteiger partial charge is 0.282 e. The van der Waals surface area contributed by atoms with Crippen molar-refractivity contribution in [1.82, 2.24) is 15.5 Å². The average Bonchev–Trinajstić information content (AvgIpc) is 2.98. The maximum atomic E-state index is 12.1. The second-order valence-corrected chi connectivity index (χ2v) is 6.31. The van der Waals surface area contributed by atoms with E-state index < -0.39 is 0 Å². The number of nitrogens with one attached hydrogen (secondary N) is 2. The fourth-order valence-electron chi connectivity index (χ4n) is 2.42. The molecule has 1 aromatic heterocycles. The lowest BCUT2D eigenvalue weighted by Crippen LogP contribution is -2.37. The van der Waals surface area contributed by atoms with Gasteiger partial charge in [0, 0.05) is 12.6 Å². The van der Waals surface area contributed by atoms with Crippen molar-refractivity contribution in [2.24, 2.45) is 11.8 Å². The van der Waals surface area contributed by atoms with Crippen molar-refractivity contribution >= 4 is 22.4 Å². The van der Waals surface area contributed by atoms with E-state index in [4.69, 9.17) is 0 Å². The van der Waals surface area contributed by atoms with E-state index >= 15 is 0 Å². The minimum Gasteiger partial charge on any atom is -0.360 e. The third-order valence-corrected chi connectivity index (χ3v) is 4.81. The summed E-state index contributed by atoms with van der Waals surface area (Å²) in [4.78, 5) is 12.1. The standard InChI is InChI=1S/C13H22N4OS/c1-4-7-14-13-17-16-12(19-13)11(18)15-10-6-5-8(2)9(10)3/h8-10H,4-7H2,1-3H3,(H,14,17)(H,15,18). The normalized spacial score (nSPS) is 26.4. The van der Waals surface area contributed by atoms with Crippen LogP contribution in [0, 0.1) is 11.8 Å². The number of hydrogen-bond acceptors (Lipinski definition) is 5. The van der Waals surface area contributed by atoms with Gasteiger partial charge in [0.15, 0.2) is 0 Å². The summed E-state index contributed by atoms with van der Waals surface area (Å²) >= 11 is 1.32. The van der Waals surface area contributed by atoms with Gasteiger partial charge in [-0.3, -0.25) is 4.79 Å². The number of anilines is 1. The van der Waals surface area contributed by atoms with E-state index in [0.717, 1.165) is 24.5 Å². The van der Waals surface area contributed by atoms with Gasteiger partial charge in [-0.1, -0.05) is 32.1 Å². The lowest BCUT2D eigenvalue weighted by atomic mass is 9.98. The highest BCUT2D eigenvalue weighted by atomic mass is 32.1. The van der Waals surface area contributed by atoms with Crippen molar-refractivity contribution in [1.29, 1.82) is 0 Å². The predicted molar refractivity (Wildman–Crippen MR) is 77.5 cm³/mol. The third kappa shape index (κ3) is 3.43. The van der Waals surface area contributed by atoms with Crippen LogP contribution in [-0.2, 0) is 0 Å². The number of carbonyl (C=O) groups excluding carboxylic acids is 1.